The lowest BCUT2D eigenvalue weighted by atomic mass is 10.0. The molecule has 1 saturated heterocycles. The minimum Gasteiger partial charge on any atom is -0.351 e. The van der Waals surface area contributed by atoms with Gasteiger partial charge in [-0.3, -0.25) is 9.59 Å². The fourth-order valence-corrected chi connectivity index (χ4v) is 2.38. The standard InChI is InChI=1S/C17H25N3O2.ClH/c1-12(2)16(21)20-14-8-6-13(7-9-14)11-19-17(22)15-5-3-4-10-18-15;/h6-9,12,15,18H,3-5,10-11H2,1-2H3,(H,19,22)(H,20,21);1H/t15-;/m0./s1. The fourth-order valence-electron chi connectivity index (χ4n) is 2.38. The van der Waals surface area contributed by atoms with Gasteiger partial charge < -0.3 is 16.0 Å². The van der Waals surface area contributed by atoms with Gasteiger partial charge in [0.25, 0.3) is 0 Å². The fraction of sp³-hybridized carbons (Fsp3) is 0.529. The second kappa shape index (κ2) is 9.53. The van der Waals surface area contributed by atoms with E-state index in [9.17, 15) is 9.59 Å². The highest BCUT2D eigenvalue weighted by atomic mass is 35.5. The molecule has 0 aromatic heterocycles. The van der Waals surface area contributed by atoms with Crippen LogP contribution in [0.25, 0.3) is 0 Å². The van der Waals surface area contributed by atoms with E-state index in [0.717, 1.165) is 37.1 Å². The third-order valence-corrected chi connectivity index (χ3v) is 3.84. The summed E-state index contributed by atoms with van der Waals surface area (Å²) in [4.78, 5) is 23.6. The third kappa shape index (κ3) is 6.20. The molecule has 0 radical (unpaired) electrons. The summed E-state index contributed by atoms with van der Waals surface area (Å²) in [6.45, 7) is 5.15. The van der Waals surface area contributed by atoms with Crippen molar-refractivity contribution in [3.63, 3.8) is 0 Å². The zero-order chi connectivity index (χ0) is 15.9. The van der Waals surface area contributed by atoms with Crippen molar-refractivity contribution >= 4 is 29.9 Å². The number of carbonyl (C=O) groups excluding carboxylic acids is 2. The summed E-state index contributed by atoms with van der Waals surface area (Å²) in [7, 11) is 0. The number of halogens is 1. The molecule has 1 aliphatic heterocycles. The SMILES string of the molecule is CC(C)C(=O)Nc1ccc(CNC(=O)[C@@H]2CCCCN2)cc1.Cl. The summed E-state index contributed by atoms with van der Waals surface area (Å²) < 4.78 is 0. The molecule has 1 aromatic rings. The first kappa shape index (κ1) is 19.5. The van der Waals surface area contributed by atoms with Crippen molar-refractivity contribution in [3.8, 4) is 0 Å². The van der Waals surface area contributed by atoms with Gasteiger partial charge in [0.15, 0.2) is 0 Å². The summed E-state index contributed by atoms with van der Waals surface area (Å²) >= 11 is 0. The number of hydrogen-bond donors (Lipinski definition) is 3. The predicted octanol–water partition coefficient (Wildman–Crippen LogP) is 2.46. The van der Waals surface area contributed by atoms with Crippen molar-refractivity contribution in [2.45, 2.75) is 45.7 Å². The number of benzene rings is 1. The highest BCUT2D eigenvalue weighted by molar-refractivity contribution is 5.92. The zero-order valence-corrected chi connectivity index (χ0v) is 14.5. The summed E-state index contributed by atoms with van der Waals surface area (Å²) in [6.07, 6.45) is 3.16. The van der Waals surface area contributed by atoms with E-state index in [4.69, 9.17) is 0 Å². The molecule has 1 fully saturated rings. The molecule has 1 aliphatic rings. The molecule has 1 aromatic carbocycles. The van der Waals surface area contributed by atoms with E-state index in [1.165, 1.54) is 0 Å². The van der Waals surface area contributed by atoms with E-state index in [1.807, 2.05) is 38.1 Å². The van der Waals surface area contributed by atoms with Gasteiger partial charge in [-0.25, -0.2) is 0 Å². The van der Waals surface area contributed by atoms with Crippen LogP contribution in [0.2, 0.25) is 0 Å². The number of hydrogen-bond acceptors (Lipinski definition) is 3. The van der Waals surface area contributed by atoms with Gasteiger partial charge >= 0.3 is 0 Å². The maximum absolute atomic E-state index is 12.0. The van der Waals surface area contributed by atoms with Crippen LogP contribution in [0.5, 0.6) is 0 Å². The van der Waals surface area contributed by atoms with E-state index in [-0.39, 0.29) is 36.2 Å². The molecular weight excluding hydrogens is 314 g/mol. The molecule has 1 atom stereocenters. The molecule has 128 valence electrons. The van der Waals surface area contributed by atoms with Crippen molar-refractivity contribution in [1.29, 1.82) is 0 Å². The summed E-state index contributed by atoms with van der Waals surface area (Å²) in [5.74, 6) is 0.0308. The molecule has 2 amide bonds. The second-order valence-electron chi connectivity index (χ2n) is 6.06. The van der Waals surface area contributed by atoms with Gasteiger partial charge in [0.1, 0.15) is 0 Å². The Morgan fingerprint density at radius 3 is 2.48 bits per heavy atom. The number of carbonyl (C=O) groups is 2. The van der Waals surface area contributed by atoms with Gasteiger partial charge in [0.05, 0.1) is 6.04 Å². The van der Waals surface area contributed by atoms with Crippen LogP contribution in [0, 0.1) is 5.92 Å². The number of piperidine rings is 1. The van der Waals surface area contributed by atoms with Crippen molar-refractivity contribution in [1.82, 2.24) is 10.6 Å². The average Bonchev–Trinajstić information content (AvgIpc) is 2.54. The Hall–Kier alpha value is -1.59. The molecule has 1 heterocycles. The van der Waals surface area contributed by atoms with Gasteiger partial charge in [-0.05, 0) is 37.1 Å². The number of anilines is 1. The zero-order valence-electron chi connectivity index (χ0n) is 13.7. The van der Waals surface area contributed by atoms with E-state index in [1.54, 1.807) is 0 Å². The minimum atomic E-state index is -0.0571. The Labute approximate surface area is 144 Å². The van der Waals surface area contributed by atoms with Gasteiger partial charge in [-0.15, -0.1) is 12.4 Å². The topological polar surface area (TPSA) is 70.2 Å². The lowest BCUT2D eigenvalue weighted by Crippen LogP contribution is -2.46. The Balaban J connectivity index is 0.00000264. The first-order chi connectivity index (χ1) is 10.6. The molecule has 3 N–H and O–H groups in total. The van der Waals surface area contributed by atoms with Crippen molar-refractivity contribution in [3.05, 3.63) is 29.8 Å². The van der Waals surface area contributed by atoms with E-state index < -0.39 is 0 Å². The smallest absolute Gasteiger partial charge is 0.237 e. The molecule has 0 saturated carbocycles. The van der Waals surface area contributed by atoms with Crippen LogP contribution < -0.4 is 16.0 Å². The molecule has 0 aliphatic carbocycles. The average molecular weight is 340 g/mol. The number of amides is 2. The quantitative estimate of drug-likeness (QED) is 0.771. The Morgan fingerprint density at radius 2 is 1.91 bits per heavy atom. The van der Waals surface area contributed by atoms with Crippen LogP contribution in [0.15, 0.2) is 24.3 Å². The lowest BCUT2D eigenvalue weighted by molar-refractivity contribution is -0.123. The van der Waals surface area contributed by atoms with E-state index in [2.05, 4.69) is 16.0 Å². The lowest BCUT2D eigenvalue weighted by Gasteiger charge is -2.22. The Bertz CT molecular complexity index is 511. The molecule has 0 spiro atoms. The monoisotopic (exact) mass is 339 g/mol. The van der Waals surface area contributed by atoms with Gasteiger partial charge in [0, 0.05) is 18.2 Å². The molecule has 6 heteroatoms. The number of nitrogens with one attached hydrogen (secondary N) is 3. The molecular formula is C17H26ClN3O2. The Kier molecular flexibility index (Phi) is 8.06. The van der Waals surface area contributed by atoms with Crippen LogP contribution in [0.1, 0.15) is 38.7 Å². The van der Waals surface area contributed by atoms with Crippen molar-refractivity contribution in [2.24, 2.45) is 5.92 Å². The molecule has 0 bridgehead atoms. The van der Waals surface area contributed by atoms with Gasteiger partial charge in [-0.1, -0.05) is 32.4 Å². The molecule has 23 heavy (non-hydrogen) atoms. The first-order valence-corrected chi connectivity index (χ1v) is 7.97. The maximum Gasteiger partial charge on any atom is 0.237 e. The first-order valence-electron chi connectivity index (χ1n) is 7.97. The summed E-state index contributed by atoms with van der Waals surface area (Å²) in [6, 6.07) is 7.51. The van der Waals surface area contributed by atoms with Crippen molar-refractivity contribution < 1.29 is 9.59 Å². The third-order valence-electron chi connectivity index (χ3n) is 3.84. The highest BCUT2D eigenvalue weighted by Crippen LogP contribution is 2.11. The van der Waals surface area contributed by atoms with Crippen LogP contribution in [-0.4, -0.2) is 24.4 Å². The van der Waals surface area contributed by atoms with Crippen molar-refractivity contribution in [2.75, 3.05) is 11.9 Å². The van der Waals surface area contributed by atoms with Gasteiger partial charge in [-0.2, -0.15) is 0 Å². The van der Waals surface area contributed by atoms with E-state index >= 15 is 0 Å². The van der Waals surface area contributed by atoms with Crippen LogP contribution >= 0.6 is 12.4 Å². The molecule has 5 nitrogen and oxygen atoms in total. The summed E-state index contributed by atoms with van der Waals surface area (Å²) in [5, 5.41) is 9.04. The number of rotatable bonds is 5. The molecule has 2 rings (SSSR count). The van der Waals surface area contributed by atoms with Crippen LogP contribution in [0.3, 0.4) is 0 Å². The van der Waals surface area contributed by atoms with Crippen LogP contribution in [-0.2, 0) is 16.1 Å². The van der Waals surface area contributed by atoms with Crippen LogP contribution in [0.4, 0.5) is 5.69 Å². The molecule has 0 unspecified atom stereocenters. The van der Waals surface area contributed by atoms with Gasteiger partial charge in [0.2, 0.25) is 11.8 Å². The minimum absolute atomic E-state index is 0. The highest BCUT2D eigenvalue weighted by Gasteiger charge is 2.19. The second-order valence-corrected chi connectivity index (χ2v) is 6.06. The van der Waals surface area contributed by atoms with E-state index in [0.29, 0.717) is 6.54 Å². The largest absolute Gasteiger partial charge is 0.351 e. The normalized spacial score (nSPS) is 17.3. The maximum atomic E-state index is 12.0. The summed E-state index contributed by atoms with van der Waals surface area (Å²) in [5.41, 5.74) is 1.80. The predicted molar refractivity (Wildman–Crippen MR) is 94.6 cm³/mol. The Morgan fingerprint density at radius 1 is 1.22 bits per heavy atom.